The first-order valence-electron chi connectivity index (χ1n) is 4.31. The first-order valence-corrected chi connectivity index (χ1v) is 4.31. The smallest absolute Gasteiger partial charge is 0.290 e. The highest BCUT2D eigenvalue weighted by Crippen LogP contribution is 2.21. The van der Waals surface area contributed by atoms with Gasteiger partial charge >= 0.3 is 0 Å². The summed E-state index contributed by atoms with van der Waals surface area (Å²) >= 11 is 0. The van der Waals surface area contributed by atoms with Crippen molar-refractivity contribution in [2.75, 3.05) is 5.32 Å². The van der Waals surface area contributed by atoms with E-state index in [1.807, 2.05) is 0 Å². The molecule has 1 rings (SSSR count). The van der Waals surface area contributed by atoms with E-state index >= 15 is 0 Å². The number of nitrogens with one attached hydrogen (secondary N) is 1. The van der Waals surface area contributed by atoms with Crippen LogP contribution in [0.2, 0.25) is 0 Å². The number of benzene rings is 1. The van der Waals surface area contributed by atoms with Crippen LogP contribution in [0.1, 0.15) is 13.3 Å². The summed E-state index contributed by atoms with van der Waals surface area (Å²) < 4.78 is 0. The van der Waals surface area contributed by atoms with Gasteiger partial charge in [0.2, 0.25) is 5.91 Å². The third-order valence-corrected chi connectivity index (χ3v) is 1.50. The molecule has 1 aromatic rings. The van der Waals surface area contributed by atoms with Gasteiger partial charge in [-0.1, -0.05) is 19.1 Å². The lowest BCUT2D eigenvalue weighted by atomic mass is 10.3. The molecule has 0 saturated carbocycles. The van der Waals surface area contributed by atoms with E-state index in [2.05, 4.69) is 5.32 Å². The molecule has 0 aliphatic carbocycles. The lowest BCUT2D eigenvalue weighted by Crippen LogP contribution is -2.09. The lowest BCUT2D eigenvalue weighted by Gasteiger charge is -2.04. The number of carbonyl (C=O) groups excluding carboxylic acids is 1. The summed E-state index contributed by atoms with van der Waals surface area (Å²) in [6.45, 7) is 1.51. The van der Waals surface area contributed by atoms with E-state index in [-0.39, 0.29) is 18.1 Å². The first kappa shape index (κ1) is 13.0. The monoisotopic (exact) mass is 211 g/mol. The number of aromatic hydroxyl groups is 1. The number of phenols is 1. The van der Waals surface area contributed by atoms with Crippen LogP contribution in [0.4, 0.5) is 5.69 Å². The fourth-order valence-corrected chi connectivity index (χ4v) is 0.818. The fourth-order valence-electron chi connectivity index (χ4n) is 0.818. The lowest BCUT2D eigenvalue weighted by molar-refractivity contribution is -0.123. The van der Waals surface area contributed by atoms with Gasteiger partial charge in [0.1, 0.15) is 5.75 Å². The zero-order valence-corrected chi connectivity index (χ0v) is 8.30. The van der Waals surface area contributed by atoms with E-state index in [9.17, 15) is 9.90 Å². The summed E-state index contributed by atoms with van der Waals surface area (Å²) in [4.78, 5) is 19.3. The zero-order chi connectivity index (χ0) is 11.7. The number of rotatable bonds is 2. The number of hydrogen-bond acceptors (Lipinski definition) is 3. The van der Waals surface area contributed by atoms with Gasteiger partial charge in [-0.3, -0.25) is 9.59 Å². The number of phenolic OH excluding ortho intramolecular Hbond substituents is 1. The van der Waals surface area contributed by atoms with E-state index < -0.39 is 0 Å². The Kier molecular flexibility index (Phi) is 6.37. The minimum absolute atomic E-state index is 0.0966. The normalized spacial score (nSPS) is 8.33. The number of amides is 1. The van der Waals surface area contributed by atoms with Crippen LogP contribution >= 0.6 is 0 Å². The van der Waals surface area contributed by atoms with Crippen LogP contribution < -0.4 is 5.32 Å². The van der Waals surface area contributed by atoms with Crippen molar-refractivity contribution in [1.82, 2.24) is 0 Å². The second-order valence-electron chi connectivity index (χ2n) is 2.52. The summed E-state index contributed by atoms with van der Waals surface area (Å²) in [5.41, 5.74) is 0.462. The van der Waals surface area contributed by atoms with Crippen molar-refractivity contribution >= 4 is 18.1 Å². The first-order chi connectivity index (χ1) is 7.15. The van der Waals surface area contributed by atoms with Crippen molar-refractivity contribution in [3.63, 3.8) is 0 Å². The molecule has 15 heavy (non-hydrogen) atoms. The molecule has 0 aromatic heterocycles. The molecule has 1 amide bonds. The molecule has 0 atom stereocenters. The molecule has 0 aliphatic heterocycles. The summed E-state index contributed by atoms with van der Waals surface area (Å²) in [5.74, 6) is -0.00389. The molecule has 0 unspecified atom stereocenters. The van der Waals surface area contributed by atoms with Crippen molar-refractivity contribution in [3.05, 3.63) is 24.3 Å². The molecule has 0 spiro atoms. The molecular formula is C10H13NO4. The number of carbonyl (C=O) groups is 2. The van der Waals surface area contributed by atoms with Gasteiger partial charge in [-0.25, -0.2) is 0 Å². The molecule has 5 heteroatoms. The van der Waals surface area contributed by atoms with Crippen molar-refractivity contribution < 1.29 is 19.8 Å². The van der Waals surface area contributed by atoms with Crippen LogP contribution in [-0.4, -0.2) is 22.6 Å². The van der Waals surface area contributed by atoms with Crippen LogP contribution in [0.25, 0.3) is 0 Å². The summed E-state index contributed by atoms with van der Waals surface area (Å²) in [7, 11) is 0. The Morgan fingerprint density at radius 1 is 1.47 bits per heavy atom. The van der Waals surface area contributed by atoms with Gasteiger partial charge in [-0.05, 0) is 12.1 Å². The Labute approximate surface area is 87.4 Å². The van der Waals surface area contributed by atoms with Crippen LogP contribution in [-0.2, 0) is 9.59 Å². The predicted octanol–water partition coefficient (Wildman–Crippen LogP) is 1.44. The van der Waals surface area contributed by atoms with E-state index in [4.69, 9.17) is 9.90 Å². The van der Waals surface area contributed by atoms with Gasteiger partial charge in [-0.15, -0.1) is 0 Å². The SMILES string of the molecule is CCC(=O)Nc1ccccc1O.O=CO. The van der Waals surface area contributed by atoms with Gasteiger partial charge in [0.25, 0.3) is 6.47 Å². The van der Waals surface area contributed by atoms with Crippen molar-refractivity contribution in [2.45, 2.75) is 13.3 Å². The van der Waals surface area contributed by atoms with E-state index in [0.717, 1.165) is 0 Å². The summed E-state index contributed by atoms with van der Waals surface area (Å²) in [6.07, 6.45) is 0.411. The molecule has 0 saturated heterocycles. The number of para-hydroxylation sites is 2. The Morgan fingerprint density at radius 3 is 2.47 bits per heavy atom. The molecule has 0 radical (unpaired) electrons. The van der Waals surface area contributed by atoms with Crippen LogP contribution in [0, 0.1) is 0 Å². The largest absolute Gasteiger partial charge is 0.506 e. The van der Waals surface area contributed by atoms with E-state index in [1.54, 1.807) is 25.1 Å². The predicted molar refractivity (Wildman–Crippen MR) is 55.7 cm³/mol. The fraction of sp³-hybridized carbons (Fsp3) is 0.200. The van der Waals surface area contributed by atoms with Crippen LogP contribution in [0.5, 0.6) is 5.75 Å². The molecule has 0 heterocycles. The highest BCUT2D eigenvalue weighted by Gasteiger charge is 2.01. The van der Waals surface area contributed by atoms with Gasteiger partial charge in [0.15, 0.2) is 0 Å². The average Bonchev–Trinajstić information content (AvgIpc) is 2.22. The maximum absolute atomic E-state index is 10.9. The Balaban J connectivity index is 0.000000583. The third-order valence-electron chi connectivity index (χ3n) is 1.50. The highest BCUT2D eigenvalue weighted by molar-refractivity contribution is 5.91. The number of anilines is 1. The molecule has 0 bridgehead atoms. The number of hydrogen-bond donors (Lipinski definition) is 3. The molecular weight excluding hydrogens is 198 g/mol. The maximum atomic E-state index is 10.9. The van der Waals surface area contributed by atoms with Crippen LogP contribution in [0.3, 0.4) is 0 Å². The van der Waals surface area contributed by atoms with Gasteiger partial charge in [-0.2, -0.15) is 0 Å². The van der Waals surface area contributed by atoms with Crippen molar-refractivity contribution in [2.24, 2.45) is 0 Å². The molecule has 3 N–H and O–H groups in total. The molecule has 0 aliphatic rings. The second-order valence-corrected chi connectivity index (χ2v) is 2.52. The highest BCUT2D eigenvalue weighted by atomic mass is 16.3. The summed E-state index contributed by atoms with van der Waals surface area (Å²) in [6, 6.07) is 6.65. The Bertz CT molecular complexity index is 325. The second kappa shape index (κ2) is 7.37. The van der Waals surface area contributed by atoms with Gasteiger partial charge in [0.05, 0.1) is 5.69 Å². The van der Waals surface area contributed by atoms with Gasteiger partial charge < -0.3 is 15.5 Å². The molecule has 0 fully saturated rings. The van der Waals surface area contributed by atoms with E-state index in [1.165, 1.54) is 6.07 Å². The number of carboxylic acid groups (broad SMARTS) is 1. The van der Waals surface area contributed by atoms with Crippen LogP contribution in [0.15, 0.2) is 24.3 Å². The third kappa shape index (κ3) is 5.30. The average molecular weight is 211 g/mol. The molecule has 82 valence electrons. The minimum atomic E-state index is -0.250. The van der Waals surface area contributed by atoms with Crippen molar-refractivity contribution in [1.29, 1.82) is 0 Å². The Morgan fingerprint density at radius 2 is 2.00 bits per heavy atom. The minimum Gasteiger partial charge on any atom is -0.506 e. The topological polar surface area (TPSA) is 86.6 Å². The molecule has 5 nitrogen and oxygen atoms in total. The van der Waals surface area contributed by atoms with Crippen molar-refractivity contribution in [3.8, 4) is 5.75 Å². The van der Waals surface area contributed by atoms with E-state index in [0.29, 0.717) is 12.1 Å². The quantitative estimate of drug-likeness (QED) is 0.510. The molecule has 1 aromatic carbocycles. The zero-order valence-electron chi connectivity index (χ0n) is 8.30. The summed E-state index contributed by atoms with van der Waals surface area (Å²) in [5, 5.41) is 18.7. The Hall–Kier alpha value is -2.04. The van der Waals surface area contributed by atoms with Gasteiger partial charge in [0, 0.05) is 6.42 Å². The standard InChI is InChI=1S/C9H11NO2.CH2O2/c1-2-9(12)10-7-5-3-4-6-8(7)11;2-1-3/h3-6,11H,2H2,1H3,(H,10,12);1H,(H,2,3). The maximum Gasteiger partial charge on any atom is 0.290 e.